The molecule has 0 aliphatic heterocycles. The minimum atomic E-state index is -0.942. The quantitative estimate of drug-likeness (QED) is 0.109. The number of esters is 1. The molecule has 0 aliphatic carbocycles. The van der Waals surface area contributed by atoms with Crippen molar-refractivity contribution in [2.24, 2.45) is 0 Å². The number of carbonyl (C=O) groups is 2. The average Bonchev–Trinajstić information content (AvgIpc) is 2.65. The maximum absolute atomic E-state index is 11.6. The second kappa shape index (κ2) is 23.0. The van der Waals surface area contributed by atoms with Crippen LogP contribution in [0.4, 0.5) is 0 Å². The van der Waals surface area contributed by atoms with Crippen molar-refractivity contribution in [2.45, 2.75) is 117 Å². The van der Waals surface area contributed by atoms with Crippen LogP contribution in [0, 0.1) is 0 Å². The van der Waals surface area contributed by atoms with Gasteiger partial charge in [0, 0.05) is 6.42 Å². The Balaban J connectivity index is 0. The molecule has 0 amide bonds. The molecule has 0 aromatic carbocycles. The molecule has 0 rings (SSSR count). The first kappa shape index (κ1) is 29.9. The van der Waals surface area contributed by atoms with Crippen LogP contribution in [0.25, 0.3) is 0 Å². The van der Waals surface area contributed by atoms with Crippen molar-refractivity contribution in [3.05, 3.63) is 11.8 Å². The van der Waals surface area contributed by atoms with Crippen LogP contribution in [0.2, 0.25) is 0 Å². The Kier molecular flexibility index (Phi) is 24.5. The summed E-state index contributed by atoms with van der Waals surface area (Å²) in [6.45, 7) is 4.03. The van der Waals surface area contributed by atoms with Crippen molar-refractivity contribution < 1.29 is 49.0 Å². The van der Waals surface area contributed by atoms with Gasteiger partial charge >= 0.3 is 35.5 Å². The van der Waals surface area contributed by atoms with Gasteiger partial charge < -0.3 is 9.84 Å². The Morgan fingerprint density at radius 2 is 1.11 bits per heavy atom. The first-order valence-corrected chi connectivity index (χ1v) is 11.2. The van der Waals surface area contributed by atoms with Crippen molar-refractivity contribution in [3.8, 4) is 0 Å². The van der Waals surface area contributed by atoms with Crippen LogP contribution in [0.5, 0.6) is 0 Å². The smallest absolute Gasteiger partial charge is 0.868 e. The van der Waals surface area contributed by atoms with E-state index in [2.05, 4.69) is 11.7 Å². The molecule has 0 aromatic heterocycles. The Morgan fingerprint density at radius 1 is 0.714 bits per heavy atom. The third-order valence-electron chi connectivity index (χ3n) is 4.80. The first-order chi connectivity index (χ1) is 13.1. The number of ether oxygens (including phenoxy) is 1. The van der Waals surface area contributed by atoms with E-state index in [-0.39, 0.29) is 41.9 Å². The minimum absolute atomic E-state index is 0. The number of hydrogen-bond donors (Lipinski definition) is 0. The van der Waals surface area contributed by atoms with Crippen LogP contribution in [0.1, 0.15) is 117 Å². The molecule has 158 valence electrons. The van der Waals surface area contributed by atoms with E-state index in [9.17, 15) is 14.7 Å². The van der Waals surface area contributed by atoms with E-state index in [1.807, 2.05) is 0 Å². The normalized spacial score (nSPS) is 11.1. The second-order valence-corrected chi connectivity index (χ2v) is 7.40. The molecule has 5 heteroatoms. The van der Waals surface area contributed by atoms with Gasteiger partial charge in [-0.3, -0.25) is 4.79 Å². The summed E-state index contributed by atoms with van der Waals surface area (Å²) in [6.07, 6.45) is 20.4. The SMILES string of the molecule is CCCCCCCCCCCCCCCCCC(=O)C=C([O-])C(=O)OCC.[Na+]. The summed E-state index contributed by atoms with van der Waals surface area (Å²) in [4.78, 5) is 22.7. The van der Waals surface area contributed by atoms with Gasteiger partial charge in [-0.25, -0.2) is 4.79 Å². The molecule has 0 unspecified atom stereocenters. The average molecular weight is 405 g/mol. The monoisotopic (exact) mass is 404 g/mol. The zero-order valence-corrected chi connectivity index (χ0v) is 20.7. The van der Waals surface area contributed by atoms with Gasteiger partial charge in [-0.2, -0.15) is 0 Å². The molecule has 0 saturated heterocycles. The molecule has 0 saturated carbocycles. The summed E-state index contributed by atoms with van der Waals surface area (Å²) >= 11 is 0. The predicted molar refractivity (Wildman–Crippen MR) is 109 cm³/mol. The summed E-state index contributed by atoms with van der Waals surface area (Å²) in [7, 11) is 0. The minimum Gasteiger partial charge on any atom is -0.868 e. The Morgan fingerprint density at radius 3 is 1.50 bits per heavy atom. The molecule has 4 nitrogen and oxygen atoms in total. The fourth-order valence-electron chi connectivity index (χ4n) is 3.15. The molecule has 0 atom stereocenters. The van der Waals surface area contributed by atoms with E-state index in [0.29, 0.717) is 6.42 Å². The van der Waals surface area contributed by atoms with E-state index in [0.717, 1.165) is 25.3 Å². The van der Waals surface area contributed by atoms with E-state index in [1.54, 1.807) is 6.92 Å². The third-order valence-corrected chi connectivity index (χ3v) is 4.80. The van der Waals surface area contributed by atoms with E-state index in [1.165, 1.54) is 77.0 Å². The summed E-state index contributed by atoms with van der Waals surface area (Å²) in [5.74, 6) is -2.06. The molecule has 0 aliphatic rings. The first-order valence-electron chi connectivity index (χ1n) is 11.2. The Labute approximate surface area is 195 Å². The molecule has 0 spiro atoms. The van der Waals surface area contributed by atoms with Gasteiger partial charge in [-0.05, 0) is 25.2 Å². The van der Waals surface area contributed by atoms with Crippen molar-refractivity contribution in [1.82, 2.24) is 0 Å². The van der Waals surface area contributed by atoms with Crippen LogP contribution >= 0.6 is 0 Å². The van der Waals surface area contributed by atoms with Gasteiger partial charge in [0.25, 0.3) is 0 Å². The van der Waals surface area contributed by atoms with E-state index in [4.69, 9.17) is 0 Å². The number of allylic oxidation sites excluding steroid dienone is 1. The van der Waals surface area contributed by atoms with Crippen molar-refractivity contribution in [1.29, 1.82) is 0 Å². The van der Waals surface area contributed by atoms with Crippen molar-refractivity contribution in [3.63, 3.8) is 0 Å². The zero-order valence-electron chi connectivity index (χ0n) is 18.7. The van der Waals surface area contributed by atoms with Gasteiger partial charge in [0.15, 0.2) is 5.78 Å². The van der Waals surface area contributed by atoms with Crippen LogP contribution < -0.4 is 34.7 Å². The van der Waals surface area contributed by atoms with E-state index >= 15 is 0 Å². The van der Waals surface area contributed by atoms with Crippen molar-refractivity contribution in [2.75, 3.05) is 6.61 Å². The van der Waals surface area contributed by atoms with E-state index < -0.39 is 11.7 Å². The van der Waals surface area contributed by atoms with Crippen LogP contribution in [0.3, 0.4) is 0 Å². The number of ketones is 1. The number of unbranched alkanes of at least 4 members (excludes halogenated alkanes) is 14. The van der Waals surface area contributed by atoms with Gasteiger partial charge in [0.2, 0.25) is 0 Å². The van der Waals surface area contributed by atoms with Crippen LogP contribution in [-0.4, -0.2) is 18.4 Å². The van der Waals surface area contributed by atoms with Gasteiger partial charge in [0.1, 0.15) is 0 Å². The summed E-state index contributed by atoms with van der Waals surface area (Å²) < 4.78 is 4.56. The summed E-state index contributed by atoms with van der Waals surface area (Å²) in [5, 5.41) is 11.4. The number of hydrogen-bond acceptors (Lipinski definition) is 4. The predicted octanol–water partition coefficient (Wildman–Crippen LogP) is 2.63. The topological polar surface area (TPSA) is 66.4 Å². The maximum Gasteiger partial charge on any atom is 1.00 e. The molecular formula is C23H41NaO4. The molecule has 0 heterocycles. The molecule has 28 heavy (non-hydrogen) atoms. The van der Waals surface area contributed by atoms with Crippen molar-refractivity contribution >= 4 is 11.8 Å². The molecule has 0 aromatic rings. The number of rotatable bonds is 19. The Bertz CT molecular complexity index is 407. The van der Waals surface area contributed by atoms with Gasteiger partial charge in [-0.1, -0.05) is 96.8 Å². The molecule has 0 bridgehead atoms. The molecule has 0 N–H and O–H groups in total. The molecular weight excluding hydrogens is 363 g/mol. The standard InChI is InChI=1S/C23H42O4.Na/c1-3-5-6-7-8-9-10-11-12-13-14-15-16-17-18-19-21(24)20-22(25)23(26)27-4-2;/h20,25H,3-19H2,1-2H3;/q;+1/p-1. The fraction of sp³-hybridized carbons (Fsp3) is 0.826. The second-order valence-electron chi connectivity index (χ2n) is 7.40. The maximum atomic E-state index is 11.6. The molecule has 0 fully saturated rings. The summed E-state index contributed by atoms with van der Waals surface area (Å²) in [5.41, 5.74) is 0. The van der Waals surface area contributed by atoms with Crippen LogP contribution in [0.15, 0.2) is 11.8 Å². The molecule has 0 radical (unpaired) electrons. The fourth-order valence-corrected chi connectivity index (χ4v) is 3.15. The van der Waals surface area contributed by atoms with Crippen LogP contribution in [-0.2, 0) is 14.3 Å². The zero-order chi connectivity index (χ0) is 20.2. The number of carbonyl (C=O) groups excluding carboxylic acids is 2. The summed E-state index contributed by atoms with van der Waals surface area (Å²) in [6, 6.07) is 0. The largest absolute Gasteiger partial charge is 1.00 e. The van der Waals surface area contributed by atoms with Gasteiger partial charge in [-0.15, -0.1) is 0 Å². The Hall–Kier alpha value is -0.320. The van der Waals surface area contributed by atoms with Gasteiger partial charge in [0.05, 0.1) is 6.61 Å². The third kappa shape index (κ3) is 20.4.